The predicted octanol–water partition coefficient (Wildman–Crippen LogP) is 2.54. The Labute approximate surface area is 146 Å². The number of halogens is 1. The summed E-state index contributed by atoms with van der Waals surface area (Å²) in [6, 6.07) is 2.13. The van der Waals surface area contributed by atoms with Gasteiger partial charge in [-0.3, -0.25) is 4.79 Å². The number of aromatic nitrogens is 1. The molecule has 0 radical (unpaired) electrons. The Morgan fingerprint density at radius 1 is 1.35 bits per heavy atom. The number of hydrogen-bond donors (Lipinski definition) is 0. The third kappa shape index (κ3) is 3.59. The van der Waals surface area contributed by atoms with Gasteiger partial charge in [-0.25, -0.2) is 4.98 Å². The molecule has 0 bridgehead atoms. The molecule has 1 aromatic heterocycles. The van der Waals surface area contributed by atoms with E-state index in [-0.39, 0.29) is 5.91 Å². The standard InChI is InChI=1S/C16H22ClN3O2S/c1-11-12(2)23-8-5-20(11)15-14(17)9-13(10-18-15)16(21)19-3-6-22-7-4-19/h9-12H,3-8H2,1-2H3. The molecular formula is C16H22ClN3O2S. The Kier molecular flexibility index (Phi) is 5.34. The molecule has 5 nitrogen and oxygen atoms in total. The van der Waals surface area contributed by atoms with E-state index in [0.717, 1.165) is 18.1 Å². The zero-order valence-corrected chi connectivity index (χ0v) is 15.1. The van der Waals surface area contributed by atoms with Gasteiger partial charge in [0.15, 0.2) is 0 Å². The van der Waals surface area contributed by atoms with Gasteiger partial charge < -0.3 is 14.5 Å². The smallest absolute Gasteiger partial charge is 0.255 e. The lowest BCUT2D eigenvalue weighted by atomic mass is 10.2. The predicted molar refractivity (Wildman–Crippen MR) is 94.7 cm³/mol. The molecule has 0 N–H and O–H groups in total. The average Bonchev–Trinajstić information content (AvgIpc) is 2.58. The fourth-order valence-electron chi connectivity index (χ4n) is 2.94. The molecule has 0 aromatic carbocycles. The van der Waals surface area contributed by atoms with E-state index in [0.29, 0.717) is 48.2 Å². The van der Waals surface area contributed by atoms with Crippen LogP contribution < -0.4 is 4.90 Å². The number of pyridine rings is 1. The summed E-state index contributed by atoms with van der Waals surface area (Å²) in [6.07, 6.45) is 1.65. The molecule has 126 valence electrons. The van der Waals surface area contributed by atoms with Gasteiger partial charge in [-0.15, -0.1) is 0 Å². The van der Waals surface area contributed by atoms with Crippen LogP contribution in [0.5, 0.6) is 0 Å². The molecule has 2 atom stereocenters. The lowest BCUT2D eigenvalue weighted by Crippen LogP contribution is -2.45. The maximum atomic E-state index is 12.5. The SMILES string of the molecule is CC1SCCN(c2ncc(C(=O)N3CCOCC3)cc2Cl)C1C. The summed E-state index contributed by atoms with van der Waals surface area (Å²) in [5, 5.41) is 1.09. The molecular weight excluding hydrogens is 334 g/mol. The van der Waals surface area contributed by atoms with E-state index in [2.05, 4.69) is 23.7 Å². The zero-order chi connectivity index (χ0) is 16.4. The highest BCUT2D eigenvalue weighted by atomic mass is 35.5. The molecule has 1 aromatic rings. The molecule has 2 saturated heterocycles. The van der Waals surface area contributed by atoms with E-state index in [9.17, 15) is 4.79 Å². The van der Waals surface area contributed by atoms with Gasteiger partial charge in [0.2, 0.25) is 0 Å². The molecule has 3 rings (SSSR count). The van der Waals surface area contributed by atoms with E-state index >= 15 is 0 Å². The van der Waals surface area contributed by atoms with E-state index in [4.69, 9.17) is 16.3 Å². The number of morpholine rings is 1. The number of hydrogen-bond acceptors (Lipinski definition) is 5. The highest BCUT2D eigenvalue weighted by Crippen LogP contribution is 2.32. The van der Waals surface area contributed by atoms with E-state index in [1.54, 1.807) is 17.2 Å². The van der Waals surface area contributed by atoms with Gasteiger partial charge in [-0.2, -0.15) is 11.8 Å². The molecule has 2 aliphatic rings. The maximum absolute atomic E-state index is 12.5. The number of nitrogens with zero attached hydrogens (tertiary/aromatic N) is 3. The summed E-state index contributed by atoms with van der Waals surface area (Å²) in [6.45, 7) is 7.77. The first kappa shape index (κ1) is 16.9. The first-order chi connectivity index (χ1) is 11.1. The minimum Gasteiger partial charge on any atom is -0.378 e. The van der Waals surface area contributed by atoms with Crippen molar-refractivity contribution in [1.82, 2.24) is 9.88 Å². The Morgan fingerprint density at radius 2 is 2.09 bits per heavy atom. The molecule has 0 saturated carbocycles. The van der Waals surface area contributed by atoms with Gasteiger partial charge in [0.05, 0.1) is 23.8 Å². The quantitative estimate of drug-likeness (QED) is 0.815. The number of carbonyl (C=O) groups excluding carboxylic acids is 1. The topological polar surface area (TPSA) is 45.7 Å². The van der Waals surface area contributed by atoms with E-state index in [1.165, 1.54) is 0 Å². The molecule has 3 heterocycles. The van der Waals surface area contributed by atoms with Crippen molar-refractivity contribution >= 4 is 35.1 Å². The van der Waals surface area contributed by atoms with Crippen LogP contribution in [-0.2, 0) is 4.74 Å². The molecule has 23 heavy (non-hydrogen) atoms. The van der Waals surface area contributed by atoms with Gasteiger partial charge in [0.1, 0.15) is 5.82 Å². The van der Waals surface area contributed by atoms with Crippen LogP contribution in [0.1, 0.15) is 24.2 Å². The third-order valence-corrected chi connectivity index (χ3v) is 6.14. The minimum atomic E-state index is -0.0233. The molecule has 0 spiro atoms. The van der Waals surface area contributed by atoms with Crippen LogP contribution >= 0.6 is 23.4 Å². The van der Waals surface area contributed by atoms with Gasteiger partial charge in [-0.05, 0) is 13.0 Å². The highest BCUT2D eigenvalue weighted by molar-refractivity contribution is 8.00. The van der Waals surface area contributed by atoms with Crippen molar-refractivity contribution in [3.63, 3.8) is 0 Å². The van der Waals surface area contributed by atoms with Crippen LogP contribution in [0.3, 0.4) is 0 Å². The van der Waals surface area contributed by atoms with Crippen molar-refractivity contribution in [2.75, 3.05) is 43.5 Å². The summed E-state index contributed by atoms with van der Waals surface area (Å²) in [4.78, 5) is 21.1. The number of carbonyl (C=O) groups is 1. The van der Waals surface area contributed by atoms with Gasteiger partial charge in [0.25, 0.3) is 5.91 Å². The van der Waals surface area contributed by atoms with Gasteiger partial charge in [-0.1, -0.05) is 18.5 Å². The van der Waals surface area contributed by atoms with Crippen LogP contribution in [0.4, 0.5) is 5.82 Å². The van der Waals surface area contributed by atoms with Crippen molar-refractivity contribution in [3.05, 3.63) is 22.8 Å². The first-order valence-electron chi connectivity index (χ1n) is 7.98. The normalized spacial score (nSPS) is 25.5. The van der Waals surface area contributed by atoms with Crippen LogP contribution in [-0.4, -0.2) is 65.7 Å². The number of anilines is 1. The van der Waals surface area contributed by atoms with Crippen LogP contribution in [0.2, 0.25) is 5.02 Å². The van der Waals surface area contributed by atoms with E-state index < -0.39 is 0 Å². The second-order valence-electron chi connectivity index (χ2n) is 5.94. The molecule has 7 heteroatoms. The minimum absolute atomic E-state index is 0.0233. The first-order valence-corrected chi connectivity index (χ1v) is 9.41. The monoisotopic (exact) mass is 355 g/mol. The summed E-state index contributed by atoms with van der Waals surface area (Å²) >= 11 is 8.42. The number of amides is 1. The Hall–Kier alpha value is -0.980. The molecule has 2 aliphatic heterocycles. The summed E-state index contributed by atoms with van der Waals surface area (Å²) in [5.74, 6) is 1.83. The van der Waals surface area contributed by atoms with E-state index in [1.807, 2.05) is 11.8 Å². The molecule has 1 amide bonds. The molecule has 2 fully saturated rings. The van der Waals surface area contributed by atoms with Crippen LogP contribution in [0.15, 0.2) is 12.3 Å². The second kappa shape index (κ2) is 7.28. The Morgan fingerprint density at radius 3 is 2.78 bits per heavy atom. The largest absolute Gasteiger partial charge is 0.378 e. The van der Waals surface area contributed by atoms with Gasteiger partial charge >= 0.3 is 0 Å². The van der Waals surface area contributed by atoms with Crippen LogP contribution in [0, 0.1) is 0 Å². The summed E-state index contributed by atoms with van der Waals surface area (Å²) < 4.78 is 5.29. The summed E-state index contributed by atoms with van der Waals surface area (Å²) in [5.41, 5.74) is 0.549. The third-order valence-electron chi connectivity index (χ3n) is 4.52. The van der Waals surface area contributed by atoms with Crippen molar-refractivity contribution < 1.29 is 9.53 Å². The van der Waals surface area contributed by atoms with Crippen molar-refractivity contribution in [2.24, 2.45) is 0 Å². The average molecular weight is 356 g/mol. The Bertz CT molecular complexity index is 580. The fourth-order valence-corrected chi connectivity index (χ4v) is 4.31. The Balaban J connectivity index is 1.79. The second-order valence-corrected chi connectivity index (χ2v) is 7.84. The van der Waals surface area contributed by atoms with Crippen molar-refractivity contribution in [1.29, 1.82) is 0 Å². The molecule has 0 aliphatic carbocycles. The van der Waals surface area contributed by atoms with Gasteiger partial charge in [0, 0.05) is 42.9 Å². The number of thioether (sulfide) groups is 1. The zero-order valence-electron chi connectivity index (χ0n) is 13.5. The van der Waals surface area contributed by atoms with Crippen LogP contribution in [0.25, 0.3) is 0 Å². The number of rotatable bonds is 2. The maximum Gasteiger partial charge on any atom is 0.255 e. The lowest BCUT2D eigenvalue weighted by Gasteiger charge is -2.38. The lowest BCUT2D eigenvalue weighted by molar-refractivity contribution is 0.0302. The fraction of sp³-hybridized carbons (Fsp3) is 0.625. The van der Waals surface area contributed by atoms with Crippen molar-refractivity contribution in [3.8, 4) is 0 Å². The molecule has 2 unspecified atom stereocenters. The number of ether oxygens (including phenoxy) is 1. The van der Waals surface area contributed by atoms with Crippen molar-refractivity contribution in [2.45, 2.75) is 25.1 Å². The highest BCUT2D eigenvalue weighted by Gasteiger charge is 2.28. The summed E-state index contributed by atoms with van der Waals surface area (Å²) in [7, 11) is 0.